The fraction of sp³-hybridized carbons (Fsp3) is 0.381. The van der Waals surface area contributed by atoms with Gasteiger partial charge in [0.2, 0.25) is 5.91 Å². The third-order valence-corrected chi connectivity index (χ3v) is 5.01. The summed E-state index contributed by atoms with van der Waals surface area (Å²) >= 11 is 0. The molecule has 7 nitrogen and oxygen atoms in total. The van der Waals surface area contributed by atoms with Crippen molar-refractivity contribution in [1.82, 2.24) is 15.0 Å². The highest BCUT2D eigenvalue weighted by atomic mass is 32.1. The number of fused-ring (bicyclic) bond motifs is 1. The van der Waals surface area contributed by atoms with Gasteiger partial charge in [-0.15, -0.1) is 0 Å². The van der Waals surface area contributed by atoms with Gasteiger partial charge >= 0.3 is 0 Å². The summed E-state index contributed by atoms with van der Waals surface area (Å²) in [6, 6.07) is 11.5. The molecule has 1 saturated heterocycles. The molecule has 3 N–H and O–H groups in total. The number of nitrogens with two attached hydrogens (primary N) is 1. The number of hydrogen-bond acceptors (Lipinski definition) is 5. The van der Waals surface area contributed by atoms with Crippen LogP contribution in [0, 0.1) is 0 Å². The van der Waals surface area contributed by atoms with E-state index in [0.717, 1.165) is 53.9 Å². The van der Waals surface area contributed by atoms with E-state index in [9.17, 15) is 4.79 Å². The highest BCUT2D eigenvalue weighted by Crippen LogP contribution is 2.32. The molecule has 0 radical (unpaired) electrons. The molecule has 29 heavy (non-hydrogen) atoms. The van der Waals surface area contributed by atoms with Gasteiger partial charge in [0.25, 0.3) is 0 Å². The molecule has 8 heteroatoms. The first-order valence-electron chi connectivity index (χ1n) is 9.76. The number of primary amides is 1. The Morgan fingerprint density at radius 1 is 1.31 bits per heavy atom. The summed E-state index contributed by atoms with van der Waals surface area (Å²) in [5, 5.41) is 0.892. The van der Waals surface area contributed by atoms with Crippen LogP contribution in [-0.4, -0.2) is 40.1 Å². The Kier molecular flexibility index (Phi) is 6.76. The maximum absolute atomic E-state index is 12.0. The minimum absolute atomic E-state index is 0. The zero-order valence-corrected chi connectivity index (χ0v) is 17.5. The van der Waals surface area contributed by atoms with Gasteiger partial charge in [-0.2, -0.15) is 13.5 Å². The van der Waals surface area contributed by atoms with Crippen LogP contribution in [0.3, 0.4) is 0 Å². The van der Waals surface area contributed by atoms with Gasteiger partial charge in [0.1, 0.15) is 17.5 Å². The standard InChI is InChI=1S/C21H25N5O2.H2S/c1-2-11-28-13-15-12-16-20(23-15)24-19(14-7-4-3-5-8-14)25-21(16)26-10-6-9-17(26)18(22)27;/h3-5,7-8,12,17H,2,6,9-11,13H2,1H3,(H2,22,27)(H,23,24,25);1H2/t17-;/m0./s1. The van der Waals surface area contributed by atoms with Crippen LogP contribution in [0.1, 0.15) is 31.9 Å². The van der Waals surface area contributed by atoms with Crippen LogP contribution in [0.4, 0.5) is 5.82 Å². The second kappa shape index (κ2) is 9.28. The highest BCUT2D eigenvalue weighted by Gasteiger charge is 2.32. The summed E-state index contributed by atoms with van der Waals surface area (Å²) in [6.07, 6.45) is 2.63. The maximum atomic E-state index is 12.0. The second-order valence-electron chi connectivity index (χ2n) is 7.10. The van der Waals surface area contributed by atoms with E-state index in [2.05, 4.69) is 11.9 Å². The van der Waals surface area contributed by atoms with E-state index in [4.69, 9.17) is 20.4 Å². The normalized spacial score (nSPS) is 16.2. The summed E-state index contributed by atoms with van der Waals surface area (Å²) in [5.74, 6) is 1.07. The van der Waals surface area contributed by atoms with E-state index >= 15 is 0 Å². The number of carbonyl (C=O) groups excluding carboxylic acids is 1. The highest BCUT2D eigenvalue weighted by molar-refractivity contribution is 7.59. The molecule has 1 amide bonds. The van der Waals surface area contributed by atoms with E-state index in [-0.39, 0.29) is 25.4 Å². The number of benzene rings is 1. The summed E-state index contributed by atoms with van der Waals surface area (Å²) in [6.45, 7) is 4.03. The van der Waals surface area contributed by atoms with Crippen LogP contribution < -0.4 is 10.6 Å². The molecular weight excluding hydrogens is 386 g/mol. The number of nitrogens with one attached hydrogen (secondary N) is 1. The Morgan fingerprint density at radius 3 is 2.83 bits per heavy atom. The number of nitrogens with zero attached hydrogens (tertiary/aromatic N) is 3. The first kappa shape index (κ1) is 21.1. The average Bonchev–Trinajstić information content (AvgIpc) is 3.35. The lowest BCUT2D eigenvalue weighted by Gasteiger charge is -2.24. The second-order valence-corrected chi connectivity index (χ2v) is 7.10. The lowest BCUT2D eigenvalue weighted by molar-refractivity contribution is -0.119. The minimum atomic E-state index is -0.337. The summed E-state index contributed by atoms with van der Waals surface area (Å²) in [7, 11) is 0. The monoisotopic (exact) mass is 413 g/mol. The molecule has 2 aromatic heterocycles. The van der Waals surface area contributed by atoms with Gasteiger partial charge in [0.05, 0.1) is 12.0 Å². The largest absolute Gasteiger partial charge is 0.375 e. The summed E-state index contributed by atoms with van der Waals surface area (Å²) < 4.78 is 5.67. The number of amides is 1. The van der Waals surface area contributed by atoms with Crippen molar-refractivity contribution in [3.63, 3.8) is 0 Å². The van der Waals surface area contributed by atoms with Gasteiger partial charge in [-0.1, -0.05) is 37.3 Å². The first-order valence-corrected chi connectivity index (χ1v) is 9.76. The van der Waals surface area contributed by atoms with E-state index in [1.807, 2.05) is 41.3 Å². The van der Waals surface area contributed by atoms with Crippen molar-refractivity contribution in [3.8, 4) is 11.4 Å². The summed E-state index contributed by atoms with van der Waals surface area (Å²) in [4.78, 5) is 26.9. The SMILES string of the molecule is CCCOCc1cc2c(N3CCC[C@H]3C(N)=O)nc(-c3ccccc3)nc2[nH]1.S. The third-order valence-electron chi connectivity index (χ3n) is 5.01. The topological polar surface area (TPSA) is 97.1 Å². The molecule has 4 rings (SSSR count). The molecule has 0 unspecified atom stereocenters. The number of ether oxygens (including phenoxy) is 1. The molecule has 3 heterocycles. The van der Waals surface area contributed by atoms with Crippen molar-refractivity contribution < 1.29 is 9.53 Å². The Balaban J connectivity index is 0.00000240. The van der Waals surface area contributed by atoms with Crippen LogP contribution in [0.15, 0.2) is 36.4 Å². The molecule has 0 saturated carbocycles. The van der Waals surface area contributed by atoms with Crippen molar-refractivity contribution in [2.75, 3.05) is 18.1 Å². The van der Waals surface area contributed by atoms with Crippen LogP contribution >= 0.6 is 13.5 Å². The van der Waals surface area contributed by atoms with Crippen LogP contribution in [0.2, 0.25) is 0 Å². The summed E-state index contributed by atoms with van der Waals surface area (Å²) in [5.41, 5.74) is 8.27. The molecule has 154 valence electrons. The Bertz CT molecular complexity index is 976. The van der Waals surface area contributed by atoms with E-state index in [1.165, 1.54) is 0 Å². The van der Waals surface area contributed by atoms with Gasteiger partial charge in [0.15, 0.2) is 5.82 Å². The minimum Gasteiger partial charge on any atom is -0.375 e. The number of aromatic nitrogens is 3. The molecule has 1 aromatic carbocycles. The zero-order valence-electron chi connectivity index (χ0n) is 16.5. The van der Waals surface area contributed by atoms with Crippen LogP contribution in [0.5, 0.6) is 0 Å². The Labute approximate surface area is 177 Å². The predicted molar refractivity (Wildman–Crippen MR) is 119 cm³/mol. The first-order chi connectivity index (χ1) is 13.7. The Hall–Kier alpha value is -2.58. The van der Waals surface area contributed by atoms with E-state index in [1.54, 1.807) is 0 Å². The van der Waals surface area contributed by atoms with Crippen molar-refractivity contribution >= 4 is 36.3 Å². The molecule has 3 aromatic rings. The molecule has 1 fully saturated rings. The smallest absolute Gasteiger partial charge is 0.240 e. The van der Waals surface area contributed by atoms with Crippen molar-refractivity contribution in [2.45, 2.75) is 38.8 Å². The molecule has 1 aliphatic heterocycles. The van der Waals surface area contributed by atoms with Gasteiger partial charge in [0, 0.05) is 24.4 Å². The average molecular weight is 414 g/mol. The number of hydrogen-bond donors (Lipinski definition) is 2. The van der Waals surface area contributed by atoms with Crippen LogP contribution in [-0.2, 0) is 16.1 Å². The third kappa shape index (κ3) is 4.38. The van der Waals surface area contributed by atoms with E-state index in [0.29, 0.717) is 19.0 Å². The Morgan fingerprint density at radius 2 is 2.10 bits per heavy atom. The lowest BCUT2D eigenvalue weighted by atomic mass is 10.2. The fourth-order valence-corrected chi connectivity index (χ4v) is 3.70. The zero-order chi connectivity index (χ0) is 19.5. The number of carbonyl (C=O) groups is 1. The van der Waals surface area contributed by atoms with Crippen LogP contribution in [0.25, 0.3) is 22.4 Å². The molecular formula is C21H27N5O2S. The van der Waals surface area contributed by atoms with Crippen molar-refractivity contribution in [1.29, 1.82) is 0 Å². The predicted octanol–water partition coefficient (Wildman–Crippen LogP) is 3.12. The molecule has 0 bridgehead atoms. The van der Waals surface area contributed by atoms with Crippen molar-refractivity contribution in [3.05, 3.63) is 42.1 Å². The van der Waals surface area contributed by atoms with Crippen molar-refractivity contribution in [2.24, 2.45) is 5.73 Å². The van der Waals surface area contributed by atoms with Gasteiger partial charge in [-0.3, -0.25) is 4.79 Å². The number of aromatic amines is 1. The number of rotatable bonds is 7. The molecule has 1 aliphatic rings. The number of anilines is 1. The number of H-pyrrole nitrogens is 1. The quantitative estimate of drug-likeness (QED) is 0.580. The van der Waals surface area contributed by atoms with Gasteiger partial charge in [-0.05, 0) is 25.3 Å². The lowest BCUT2D eigenvalue weighted by Crippen LogP contribution is -2.40. The maximum Gasteiger partial charge on any atom is 0.240 e. The van der Waals surface area contributed by atoms with E-state index < -0.39 is 0 Å². The molecule has 1 atom stereocenters. The molecule has 0 aliphatic carbocycles. The molecule has 0 spiro atoms. The van der Waals surface area contributed by atoms with Gasteiger partial charge in [-0.25, -0.2) is 9.97 Å². The fourth-order valence-electron chi connectivity index (χ4n) is 3.70. The van der Waals surface area contributed by atoms with Gasteiger partial charge < -0.3 is 20.4 Å².